The minimum atomic E-state index is -1.40. The van der Waals surface area contributed by atoms with Crippen molar-refractivity contribution in [1.82, 2.24) is 10.2 Å². The van der Waals surface area contributed by atoms with Gasteiger partial charge in [-0.25, -0.2) is 9.18 Å². The molecule has 2 rings (SSSR count). The number of aromatic carboxylic acids is 1. The molecule has 9 heteroatoms. The number of aromatic amines is 1. The van der Waals surface area contributed by atoms with Crippen LogP contribution in [0.15, 0.2) is 18.3 Å². The van der Waals surface area contributed by atoms with Gasteiger partial charge in [-0.2, -0.15) is 9.49 Å². The van der Waals surface area contributed by atoms with Crippen LogP contribution in [0.25, 0.3) is 0 Å². The van der Waals surface area contributed by atoms with Crippen LogP contribution in [-0.2, 0) is 0 Å². The highest BCUT2D eigenvalue weighted by Crippen LogP contribution is 2.23. The minimum Gasteiger partial charge on any atom is -0.494 e. The molecule has 0 bridgehead atoms. The maximum absolute atomic E-state index is 13.7. The lowest BCUT2D eigenvalue weighted by Crippen LogP contribution is -2.16. The molecule has 110 valence electrons. The average Bonchev–Trinajstić information content (AvgIpc) is 2.90. The van der Waals surface area contributed by atoms with Crippen LogP contribution in [0.2, 0.25) is 0 Å². The number of anilines is 1. The fourth-order valence-electron chi connectivity index (χ4n) is 1.60. The van der Waals surface area contributed by atoms with Crippen LogP contribution in [0.1, 0.15) is 20.8 Å². The molecule has 3 N–H and O–H groups in total. The number of carbonyl (C=O) groups excluding carboxylic acids is 1. The number of benzene rings is 1. The Morgan fingerprint density at radius 1 is 1.33 bits per heavy atom. The summed E-state index contributed by atoms with van der Waals surface area (Å²) in [6.45, 7) is 0. The smallest absolute Gasteiger partial charge is 0.356 e. The van der Waals surface area contributed by atoms with Crippen molar-refractivity contribution in [2.24, 2.45) is 0 Å². The molecule has 1 amide bonds. The van der Waals surface area contributed by atoms with Crippen LogP contribution in [0.5, 0.6) is 5.75 Å². The molecule has 0 spiro atoms. The largest absolute Gasteiger partial charge is 0.494 e. The summed E-state index contributed by atoms with van der Waals surface area (Å²) in [5, 5.41) is 16.6. The zero-order valence-corrected chi connectivity index (χ0v) is 10.6. The van der Waals surface area contributed by atoms with E-state index in [9.17, 15) is 18.4 Å². The van der Waals surface area contributed by atoms with Crippen molar-refractivity contribution in [3.63, 3.8) is 0 Å². The van der Waals surface area contributed by atoms with E-state index in [1.54, 1.807) is 0 Å². The lowest BCUT2D eigenvalue weighted by atomic mass is 10.1. The predicted octanol–water partition coefficient (Wildman–Crippen LogP) is 1.65. The fourth-order valence-corrected chi connectivity index (χ4v) is 1.60. The predicted molar refractivity (Wildman–Crippen MR) is 66.4 cm³/mol. The first-order chi connectivity index (χ1) is 9.95. The van der Waals surface area contributed by atoms with Crippen LogP contribution in [0.4, 0.5) is 14.5 Å². The van der Waals surface area contributed by atoms with Crippen LogP contribution >= 0.6 is 0 Å². The number of hydrogen-bond donors (Lipinski definition) is 3. The number of methoxy groups -OCH3 is 1. The molecule has 7 nitrogen and oxygen atoms in total. The van der Waals surface area contributed by atoms with Gasteiger partial charge in [-0.3, -0.25) is 9.89 Å². The molecule has 0 unspecified atom stereocenters. The summed E-state index contributed by atoms with van der Waals surface area (Å²) in [5.74, 6) is -5.43. The second-order valence-electron chi connectivity index (χ2n) is 3.86. The summed E-state index contributed by atoms with van der Waals surface area (Å²) in [4.78, 5) is 22.7. The first kappa shape index (κ1) is 14.4. The van der Waals surface area contributed by atoms with E-state index in [2.05, 4.69) is 20.3 Å². The molecule has 1 heterocycles. The molecule has 0 radical (unpaired) electrons. The molecule has 0 aliphatic rings. The van der Waals surface area contributed by atoms with Gasteiger partial charge in [0, 0.05) is 0 Å². The summed E-state index contributed by atoms with van der Waals surface area (Å²) < 4.78 is 31.8. The van der Waals surface area contributed by atoms with Crippen molar-refractivity contribution in [3.8, 4) is 5.75 Å². The van der Waals surface area contributed by atoms with Crippen LogP contribution in [-0.4, -0.2) is 34.3 Å². The summed E-state index contributed by atoms with van der Waals surface area (Å²) in [7, 11) is 1.15. The zero-order valence-electron chi connectivity index (χ0n) is 10.6. The molecule has 0 atom stereocenters. The maximum atomic E-state index is 13.7. The molecule has 0 saturated carbocycles. The monoisotopic (exact) mass is 297 g/mol. The standard InChI is InChI=1S/C12H9F2N3O4/c1-21-7-3-2-5(8(13)9(7)14)11(18)16-6-4-15-17-10(6)12(19)20/h2-4H,1H3,(H,15,17)(H,16,18)(H,19,20). The quantitative estimate of drug-likeness (QED) is 0.796. The van der Waals surface area contributed by atoms with Gasteiger partial charge in [0.2, 0.25) is 5.82 Å². The van der Waals surface area contributed by atoms with Gasteiger partial charge >= 0.3 is 5.97 Å². The number of nitrogens with zero attached hydrogens (tertiary/aromatic N) is 1. The van der Waals surface area contributed by atoms with Crippen molar-refractivity contribution in [2.45, 2.75) is 0 Å². The Morgan fingerprint density at radius 2 is 2.05 bits per heavy atom. The number of amides is 1. The van der Waals surface area contributed by atoms with E-state index in [-0.39, 0.29) is 17.1 Å². The Morgan fingerprint density at radius 3 is 2.67 bits per heavy atom. The first-order valence-electron chi connectivity index (χ1n) is 5.55. The molecule has 0 aliphatic heterocycles. The summed E-state index contributed by atoms with van der Waals surface area (Å²) in [5.41, 5.74) is -1.13. The number of hydrogen-bond acceptors (Lipinski definition) is 4. The number of nitrogens with one attached hydrogen (secondary N) is 2. The van der Waals surface area contributed by atoms with E-state index < -0.39 is 29.1 Å². The molecule has 0 fully saturated rings. The Labute approximate surface area is 116 Å². The van der Waals surface area contributed by atoms with Gasteiger partial charge in [0.15, 0.2) is 17.3 Å². The van der Waals surface area contributed by atoms with Gasteiger partial charge in [0.05, 0.1) is 24.6 Å². The molecule has 0 saturated heterocycles. The normalized spacial score (nSPS) is 10.2. The number of carbonyl (C=O) groups is 2. The Bertz CT molecular complexity index is 715. The summed E-state index contributed by atoms with van der Waals surface area (Å²) >= 11 is 0. The second kappa shape index (κ2) is 5.57. The average molecular weight is 297 g/mol. The molecule has 2 aromatic rings. The highest BCUT2D eigenvalue weighted by atomic mass is 19.2. The molecule has 0 aliphatic carbocycles. The third-order valence-electron chi connectivity index (χ3n) is 2.61. The number of halogens is 2. The lowest BCUT2D eigenvalue weighted by molar-refractivity contribution is 0.0691. The summed E-state index contributed by atoms with van der Waals surface area (Å²) in [6.07, 6.45) is 1.04. The number of rotatable bonds is 4. The Hall–Kier alpha value is -2.97. The third-order valence-corrected chi connectivity index (χ3v) is 2.61. The first-order valence-corrected chi connectivity index (χ1v) is 5.55. The Balaban J connectivity index is 2.31. The molecular weight excluding hydrogens is 288 g/mol. The maximum Gasteiger partial charge on any atom is 0.356 e. The molecule has 1 aromatic heterocycles. The van der Waals surface area contributed by atoms with Gasteiger partial charge in [0.1, 0.15) is 0 Å². The van der Waals surface area contributed by atoms with Gasteiger partial charge in [0.25, 0.3) is 5.91 Å². The molecule has 1 aromatic carbocycles. The highest BCUT2D eigenvalue weighted by Gasteiger charge is 2.21. The van der Waals surface area contributed by atoms with Crippen molar-refractivity contribution in [2.75, 3.05) is 12.4 Å². The van der Waals surface area contributed by atoms with Gasteiger partial charge in [-0.05, 0) is 12.1 Å². The third kappa shape index (κ3) is 2.66. The number of carboxylic acid groups (broad SMARTS) is 1. The van der Waals surface area contributed by atoms with Crippen molar-refractivity contribution < 1.29 is 28.2 Å². The number of H-pyrrole nitrogens is 1. The van der Waals surface area contributed by atoms with Crippen molar-refractivity contribution in [3.05, 3.63) is 41.2 Å². The fraction of sp³-hybridized carbons (Fsp3) is 0.0833. The van der Waals surface area contributed by atoms with E-state index in [4.69, 9.17) is 5.11 Å². The van der Waals surface area contributed by atoms with Crippen LogP contribution in [0, 0.1) is 11.6 Å². The van der Waals surface area contributed by atoms with E-state index in [0.29, 0.717) is 0 Å². The van der Waals surface area contributed by atoms with E-state index >= 15 is 0 Å². The Kier molecular flexibility index (Phi) is 3.83. The minimum absolute atomic E-state index is 0.164. The molecule has 21 heavy (non-hydrogen) atoms. The second-order valence-corrected chi connectivity index (χ2v) is 3.86. The SMILES string of the molecule is COc1ccc(C(=O)Nc2cn[nH]c2C(=O)O)c(F)c1F. The molecular formula is C12H9F2N3O4. The zero-order chi connectivity index (χ0) is 15.6. The van der Waals surface area contributed by atoms with E-state index in [1.165, 1.54) is 0 Å². The summed E-state index contributed by atoms with van der Waals surface area (Å²) in [6, 6.07) is 2.11. The number of ether oxygens (including phenoxy) is 1. The van der Waals surface area contributed by atoms with Crippen LogP contribution in [0.3, 0.4) is 0 Å². The van der Waals surface area contributed by atoms with E-state index in [1.807, 2.05) is 0 Å². The topological polar surface area (TPSA) is 104 Å². The number of aromatic nitrogens is 2. The van der Waals surface area contributed by atoms with Gasteiger partial charge in [-0.1, -0.05) is 0 Å². The van der Waals surface area contributed by atoms with Gasteiger partial charge < -0.3 is 15.2 Å². The van der Waals surface area contributed by atoms with Crippen LogP contribution < -0.4 is 10.1 Å². The van der Waals surface area contributed by atoms with Crippen molar-refractivity contribution in [1.29, 1.82) is 0 Å². The van der Waals surface area contributed by atoms with E-state index in [0.717, 1.165) is 25.4 Å². The van der Waals surface area contributed by atoms with Crippen molar-refractivity contribution >= 4 is 17.6 Å². The number of carboxylic acids is 1. The lowest BCUT2D eigenvalue weighted by Gasteiger charge is -2.08. The highest BCUT2D eigenvalue weighted by molar-refractivity contribution is 6.07. The van der Waals surface area contributed by atoms with Gasteiger partial charge in [-0.15, -0.1) is 0 Å².